The Hall–Kier alpha value is -3.86. The van der Waals surface area contributed by atoms with Crippen molar-refractivity contribution in [2.45, 2.75) is 13.0 Å². The average molecular weight is 457 g/mol. The minimum absolute atomic E-state index is 0.0160. The van der Waals surface area contributed by atoms with Crippen molar-refractivity contribution in [1.29, 1.82) is 0 Å². The van der Waals surface area contributed by atoms with Crippen molar-refractivity contribution in [1.82, 2.24) is 0 Å². The van der Waals surface area contributed by atoms with Crippen LogP contribution >= 0.6 is 0 Å². The number of hydrogen-bond donors (Lipinski definition) is 1. The van der Waals surface area contributed by atoms with Gasteiger partial charge in [-0.1, -0.05) is 0 Å². The Bertz CT molecular complexity index is 1070. The molecule has 2 aliphatic rings. The molecule has 2 aliphatic heterocycles. The lowest BCUT2D eigenvalue weighted by Crippen LogP contribution is -2.36. The summed E-state index contributed by atoms with van der Waals surface area (Å²) >= 11 is 0. The maximum atomic E-state index is 12.6. The van der Waals surface area contributed by atoms with Gasteiger partial charge < -0.3 is 29.2 Å². The summed E-state index contributed by atoms with van der Waals surface area (Å²) in [6.45, 7) is 4.26. The summed E-state index contributed by atoms with van der Waals surface area (Å²) in [5, 5.41) is 14.2. The Kier molecular flexibility index (Phi) is 6.59. The second-order valence-electron chi connectivity index (χ2n) is 7.46. The van der Waals surface area contributed by atoms with Crippen LogP contribution < -0.4 is 19.7 Å². The summed E-state index contributed by atoms with van der Waals surface area (Å²) in [7, 11) is 0. The van der Waals surface area contributed by atoms with Gasteiger partial charge in [0.1, 0.15) is 18.9 Å². The van der Waals surface area contributed by atoms with E-state index in [1.807, 2.05) is 4.90 Å². The molecule has 0 bridgehead atoms. The maximum Gasteiger partial charge on any atom is 0.339 e. The second-order valence-corrected chi connectivity index (χ2v) is 7.46. The fourth-order valence-corrected chi connectivity index (χ4v) is 3.52. The number of carbonyl (C=O) groups excluding carboxylic acids is 2. The molecule has 1 unspecified atom stereocenters. The lowest BCUT2D eigenvalue weighted by molar-refractivity contribution is -0.384. The monoisotopic (exact) mass is 457 g/mol. The molecule has 33 heavy (non-hydrogen) atoms. The smallest absolute Gasteiger partial charge is 0.339 e. The molecule has 1 saturated heterocycles. The van der Waals surface area contributed by atoms with Crippen LogP contribution in [0, 0.1) is 10.1 Å². The van der Waals surface area contributed by atoms with Crippen molar-refractivity contribution in [3.63, 3.8) is 0 Å². The van der Waals surface area contributed by atoms with Crippen molar-refractivity contribution >= 4 is 28.9 Å². The lowest BCUT2D eigenvalue weighted by Gasteiger charge is -2.28. The molecule has 11 heteroatoms. The highest BCUT2D eigenvalue weighted by Gasteiger charge is 2.26. The van der Waals surface area contributed by atoms with E-state index in [9.17, 15) is 19.7 Å². The predicted molar refractivity (Wildman–Crippen MR) is 117 cm³/mol. The SMILES string of the molecule is CC(OC(=O)c1ccc(N2CCOCC2)c([N+](=O)[O-])c1)C(=O)Nc1ccc2c(c1)OCCO2. The molecule has 1 atom stereocenters. The van der Waals surface area contributed by atoms with E-state index in [4.69, 9.17) is 18.9 Å². The van der Waals surface area contributed by atoms with Gasteiger partial charge in [0.05, 0.1) is 23.7 Å². The molecule has 0 radical (unpaired) electrons. The highest BCUT2D eigenvalue weighted by molar-refractivity contribution is 5.98. The van der Waals surface area contributed by atoms with E-state index in [2.05, 4.69) is 5.32 Å². The summed E-state index contributed by atoms with van der Waals surface area (Å²) in [4.78, 5) is 37.9. The normalized spacial score (nSPS) is 16.0. The number of esters is 1. The standard InChI is InChI=1S/C22H23N3O8/c1-14(21(26)23-16-3-5-19-20(13-16)32-11-10-31-19)33-22(27)15-2-4-17(18(12-15)25(28)29)24-6-8-30-9-7-24/h2-5,12-14H,6-11H2,1H3,(H,23,26). The van der Waals surface area contributed by atoms with Gasteiger partial charge in [-0.25, -0.2) is 4.79 Å². The Balaban J connectivity index is 1.42. The van der Waals surface area contributed by atoms with Crippen molar-refractivity contribution < 1.29 is 33.5 Å². The first-order chi connectivity index (χ1) is 15.9. The van der Waals surface area contributed by atoms with Gasteiger partial charge in [-0.2, -0.15) is 0 Å². The molecule has 1 fully saturated rings. The maximum absolute atomic E-state index is 12.6. The largest absolute Gasteiger partial charge is 0.486 e. The molecule has 4 rings (SSSR count). The van der Waals surface area contributed by atoms with E-state index in [0.717, 1.165) is 0 Å². The van der Waals surface area contributed by atoms with Crippen LogP contribution in [-0.2, 0) is 14.3 Å². The predicted octanol–water partition coefficient (Wildman–Crippen LogP) is 2.39. The van der Waals surface area contributed by atoms with Gasteiger partial charge >= 0.3 is 5.97 Å². The number of ether oxygens (including phenoxy) is 4. The van der Waals surface area contributed by atoms with Crippen LogP contribution in [0.3, 0.4) is 0 Å². The van der Waals surface area contributed by atoms with Crippen molar-refractivity contribution in [2.75, 3.05) is 49.7 Å². The highest BCUT2D eigenvalue weighted by Crippen LogP contribution is 2.33. The Morgan fingerprint density at radius 1 is 1.06 bits per heavy atom. The van der Waals surface area contributed by atoms with Crippen molar-refractivity contribution in [2.24, 2.45) is 0 Å². The number of nitrogens with zero attached hydrogens (tertiary/aromatic N) is 2. The highest BCUT2D eigenvalue weighted by atomic mass is 16.6. The minimum Gasteiger partial charge on any atom is -0.486 e. The number of nitro groups is 1. The zero-order chi connectivity index (χ0) is 23.4. The van der Waals surface area contributed by atoms with Crippen LogP contribution in [0.15, 0.2) is 36.4 Å². The van der Waals surface area contributed by atoms with Crippen LogP contribution in [0.2, 0.25) is 0 Å². The first-order valence-electron chi connectivity index (χ1n) is 10.4. The number of rotatable bonds is 6. The van der Waals surface area contributed by atoms with Gasteiger partial charge in [0, 0.05) is 30.9 Å². The topological polar surface area (TPSA) is 129 Å². The van der Waals surface area contributed by atoms with E-state index >= 15 is 0 Å². The fraction of sp³-hybridized carbons (Fsp3) is 0.364. The van der Waals surface area contributed by atoms with Crippen LogP contribution in [0.1, 0.15) is 17.3 Å². The number of hydrogen-bond acceptors (Lipinski definition) is 9. The fourth-order valence-electron chi connectivity index (χ4n) is 3.52. The summed E-state index contributed by atoms with van der Waals surface area (Å²) in [5.74, 6) is -0.298. The van der Waals surface area contributed by atoms with E-state index in [-0.39, 0.29) is 11.3 Å². The van der Waals surface area contributed by atoms with Gasteiger partial charge in [0.2, 0.25) is 0 Å². The molecule has 2 aromatic carbocycles. The Morgan fingerprint density at radius 3 is 2.52 bits per heavy atom. The number of amides is 1. The molecule has 11 nitrogen and oxygen atoms in total. The lowest BCUT2D eigenvalue weighted by atomic mass is 10.1. The quantitative estimate of drug-likeness (QED) is 0.395. The van der Waals surface area contributed by atoms with Gasteiger partial charge in [0.15, 0.2) is 17.6 Å². The summed E-state index contributed by atoms with van der Waals surface area (Å²) < 4.78 is 21.5. The first-order valence-corrected chi connectivity index (χ1v) is 10.4. The van der Waals surface area contributed by atoms with Crippen LogP contribution in [0.5, 0.6) is 11.5 Å². The summed E-state index contributed by atoms with van der Waals surface area (Å²) in [5.41, 5.74) is 0.638. The number of morpholine rings is 1. The van der Waals surface area contributed by atoms with E-state index < -0.39 is 22.9 Å². The van der Waals surface area contributed by atoms with Crippen LogP contribution in [0.4, 0.5) is 17.1 Å². The Labute approximate surface area is 189 Å². The second kappa shape index (κ2) is 9.74. The van der Waals surface area contributed by atoms with Crippen molar-refractivity contribution in [3.05, 3.63) is 52.1 Å². The molecule has 2 aromatic rings. The van der Waals surface area contributed by atoms with Crippen LogP contribution in [0.25, 0.3) is 0 Å². The zero-order valence-corrected chi connectivity index (χ0v) is 17.9. The number of benzene rings is 2. The average Bonchev–Trinajstić information content (AvgIpc) is 2.84. The third-order valence-electron chi connectivity index (χ3n) is 5.22. The summed E-state index contributed by atoms with van der Waals surface area (Å²) in [6.07, 6.45) is -1.14. The van der Waals surface area contributed by atoms with Crippen molar-refractivity contribution in [3.8, 4) is 11.5 Å². The number of carbonyl (C=O) groups is 2. The number of anilines is 2. The number of nitrogens with one attached hydrogen (secondary N) is 1. The van der Waals surface area contributed by atoms with E-state index in [0.29, 0.717) is 62.4 Å². The zero-order valence-electron chi connectivity index (χ0n) is 17.9. The molecule has 0 aliphatic carbocycles. The minimum atomic E-state index is -1.14. The molecular weight excluding hydrogens is 434 g/mol. The first kappa shape index (κ1) is 22.3. The Morgan fingerprint density at radius 2 is 1.79 bits per heavy atom. The molecule has 1 amide bonds. The van der Waals surface area contributed by atoms with E-state index in [1.54, 1.807) is 18.2 Å². The molecule has 1 N–H and O–H groups in total. The third-order valence-corrected chi connectivity index (χ3v) is 5.22. The molecule has 0 aromatic heterocycles. The van der Waals surface area contributed by atoms with Gasteiger partial charge in [-0.3, -0.25) is 14.9 Å². The molecule has 174 valence electrons. The number of fused-ring (bicyclic) bond motifs is 1. The molecular formula is C22H23N3O8. The molecule has 2 heterocycles. The van der Waals surface area contributed by atoms with Crippen LogP contribution in [-0.4, -0.2) is 62.4 Å². The summed E-state index contributed by atoms with van der Waals surface area (Å²) in [6, 6.07) is 9.07. The molecule has 0 spiro atoms. The van der Waals surface area contributed by atoms with Gasteiger partial charge in [-0.15, -0.1) is 0 Å². The van der Waals surface area contributed by atoms with E-state index in [1.165, 1.54) is 25.1 Å². The van der Waals surface area contributed by atoms with Gasteiger partial charge in [0.25, 0.3) is 11.6 Å². The molecule has 0 saturated carbocycles. The van der Waals surface area contributed by atoms with Gasteiger partial charge in [-0.05, 0) is 31.2 Å². The number of nitro benzene ring substituents is 1. The third kappa shape index (κ3) is 5.14.